The molecule has 6 rings (SSSR count). The van der Waals surface area contributed by atoms with Crippen LogP contribution in [0.1, 0.15) is 11.4 Å². The van der Waals surface area contributed by atoms with Crippen molar-refractivity contribution in [3.05, 3.63) is 144 Å². The Kier molecular flexibility index (Phi) is 7.22. The molecule has 2 heterocycles. The van der Waals surface area contributed by atoms with Crippen LogP contribution >= 0.6 is 0 Å². The SMILES string of the molecule is Cc1cc(-c2ccccc2)n(-c2ccc(F)cc2)n1.Cc1cc(-c2ccccc2)nn1-c1ccc(F)cc1. The standard InChI is InChI=1S/2C16H13FN2/c1-12-11-16(13-5-3-2-4-6-13)18-19(12)15-9-7-14(17)8-10-15;1-12-11-16(13-5-3-2-4-6-13)19(18-12)15-9-7-14(17)8-10-15/h2*2-11H,1H3. The van der Waals surface area contributed by atoms with E-state index in [1.807, 2.05) is 96.0 Å². The molecule has 0 fully saturated rings. The van der Waals surface area contributed by atoms with E-state index < -0.39 is 0 Å². The molecular weight excluding hydrogens is 478 g/mol. The van der Waals surface area contributed by atoms with Gasteiger partial charge in [-0.15, -0.1) is 0 Å². The van der Waals surface area contributed by atoms with E-state index in [9.17, 15) is 8.78 Å². The summed E-state index contributed by atoms with van der Waals surface area (Å²) in [5.74, 6) is -0.481. The largest absolute Gasteiger partial charge is 0.237 e. The van der Waals surface area contributed by atoms with E-state index in [1.165, 1.54) is 24.3 Å². The minimum Gasteiger partial charge on any atom is -0.237 e. The first-order valence-corrected chi connectivity index (χ1v) is 12.2. The van der Waals surface area contributed by atoms with Gasteiger partial charge in [-0.1, -0.05) is 60.7 Å². The van der Waals surface area contributed by atoms with Crippen molar-refractivity contribution in [3.8, 4) is 33.9 Å². The maximum Gasteiger partial charge on any atom is 0.123 e. The number of nitrogens with zero attached hydrogens (tertiary/aromatic N) is 4. The van der Waals surface area contributed by atoms with E-state index in [4.69, 9.17) is 0 Å². The molecule has 4 nitrogen and oxygen atoms in total. The summed E-state index contributed by atoms with van der Waals surface area (Å²) in [4.78, 5) is 0. The Bertz CT molecular complexity index is 1620. The lowest BCUT2D eigenvalue weighted by Gasteiger charge is -2.07. The number of benzene rings is 4. The van der Waals surface area contributed by atoms with Crippen molar-refractivity contribution in [2.24, 2.45) is 0 Å². The lowest BCUT2D eigenvalue weighted by Crippen LogP contribution is -1.99. The second kappa shape index (κ2) is 11.0. The van der Waals surface area contributed by atoms with Crippen molar-refractivity contribution in [2.45, 2.75) is 13.8 Å². The molecule has 6 heteroatoms. The Morgan fingerprint density at radius 1 is 0.526 bits per heavy atom. The third-order valence-electron chi connectivity index (χ3n) is 6.00. The fraction of sp³-hybridized carbons (Fsp3) is 0.0625. The molecule has 0 bridgehead atoms. The summed E-state index contributed by atoms with van der Waals surface area (Å²) in [7, 11) is 0. The maximum atomic E-state index is 13.0. The monoisotopic (exact) mass is 504 g/mol. The average molecular weight is 505 g/mol. The zero-order valence-corrected chi connectivity index (χ0v) is 21.1. The van der Waals surface area contributed by atoms with Gasteiger partial charge in [0, 0.05) is 16.8 Å². The average Bonchev–Trinajstić information content (AvgIpc) is 3.54. The minimum atomic E-state index is -0.242. The molecular formula is C32H26F2N4. The fourth-order valence-corrected chi connectivity index (χ4v) is 4.16. The summed E-state index contributed by atoms with van der Waals surface area (Å²) in [6.07, 6.45) is 0. The predicted molar refractivity (Wildman–Crippen MR) is 147 cm³/mol. The minimum absolute atomic E-state index is 0.239. The summed E-state index contributed by atoms with van der Waals surface area (Å²) >= 11 is 0. The van der Waals surface area contributed by atoms with Gasteiger partial charge in [-0.25, -0.2) is 18.1 Å². The van der Waals surface area contributed by atoms with Crippen molar-refractivity contribution < 1.29 is 8.78 Å². The summed E-state index contributed by atoms with van der Waals surface area (Å²) in [6.45, 7) is 3.94. The van der Waals surface area contributed by atoms with Gasteiger partial charge in [0.2, 0.25) is 0 Å². The van der Waals surface area contributed by atoms with Crippen LogP contribution in [-0.2, 0) is 0 Å². The van der Waals surface area contributed by atoms with Crippen LogP contribution < -0.4 is 0 Å². The van der Waals surface area contributed by atoms with E-state index in [1.54, 1.807) is 24.3 Å². The van der Waals surface area contributed by atoms with Crippen LogP contribution in [0, 0.1) is 25.5 Å². The third-order valence-corrected chi connectivity index (χ3v) is 6.00. The topological polar surface area (TPSA) is 35.6 Å². The quantitative estimate of drug-likeness (QED) is 0.244. The number of aryl methyl sites for hydroxylation is 2. The number of halogens is 2. The smallest absolute Gasteiger partial charge is 0.123 e. The maximum absolute atomic E-state index is 13.0. The van der Waals surface area contributed by atoms with Crippen molar-refractivity contribution in [3.63, 3.8) is 0 Å². The van der Waals surface area contributed by atoms with Gasteiger partial charge in [0.25, 0.3) is 0 Å². The molecule has 2 aromatic heterocycles. The first kappa shape index (κ1) is 24.8. The molecule has 0 unspecified atom stereocenters. The van der Waals surface area contributed by atoms with Gasteiger partial charge >= 0.3 is 0 Å². The molecule has 6 aromatic rings. The van der Waals surface area contributed by atoms with Gasteiger partial charge in [0.1, 0.15) is 11.6 Å². The molecule has 0 amide bonds. The van der Waals surface area contributed by atoms with E-state index in [0.29, 0.717) is 0 Å². The molecule has 0 saturated carbocycles. The molecule has 0 radical (unpaired) electrons. The summed E-state index contributed by atoms with van der Waals surface area (Å²) in [6, 6.07) is 36.8. The van der Waals surface area contributed by atoms with Gasteiger partial charge in [-0.3, -0.25) is 0 Å². The van der Waals surface area contributed by atoms with Crippen LogP contribution in [0.4, 0.5) is 8.78 Å². The Morgan fingerprint density at radius 3 is 1.58 bits per heavy atom. The second-order valence-electron chi connectivity index (χ2n) is 8.85. The van der Waals surface area contributed by atoms with Crippen LogP contribution in [0.3, 0.4) is 0 Å². The van der Waals surface area contributed by atoms with E-state index >= 15 is 0 Å². The first-order chi connectivity index (χ1) is 18.5. The Hall–Kier alpha value is -4.84. The van der Waals surface area contributed by atoms with Crippen molar-refractivity contribution >= 4 is 0 Å². The molecule has 0 N–H and O–H groups in total. The van der Waals surface area contributed by atoms with E-state index in [2.05, 4.69) is 10.2 Å². The molecule has 4 aromatic carbocycles. The zero-order chi connectivity index (χ0) is 26.5. The van der Waals surface area contributed by atoms with Crippen LogP contribution in [-0.4, -0.2) is 19.6 Å². The number of hydrogen-bond donors (Lipinski definition) is 0. The molecule has 0 saturated heterocycles. The number of aromatic nitrogens is 4. The molecule has 38 heavy (non-hydrogen) atoms. The predicted octanol–water partition coefficient (Wildman–Crippen LogP) is 7.97. The van der Waals surface area contributed by atoms with Gasteiger partial charge in [0.15, 0.2) is 0 Å². The van der Waals surface area contributed by atoms with E-state index in [0.717, 1.165) is 45.3 Å². The van der Waals surface area contributed by atoms with Crippen LogP contribution in [0.5, 0.6) is 0 Å². The third kappa shape index (κ3) is 5.60. The summed E-state index contributed by atoms with van der Waals surface area (Å²) in [5.41, 5.74) is 7.76. The second-order valence-corrected chi connectivity index (χ2v) is 8.85. The zero-order valence-electron chi connectivity index (χ0n) is 21.1. The van der Waals surface area contributed by atoms with Crippen LogP contribution in [0.2, 0.25) is 0 Å². The molecule has 0 spiro atoms. The van der Waals surface area contributed by atoms with Crippen molar-refractivity contribution in [1.82, 2.24) is 19.6 Å². The Balaban J connectivity index is 0.000000155. The lowest BCUT2D eigenvalue weighted by molar-refractivity contribution is 0.626. The normalized spacial score (nSPS) is 10.6. The van der Waals surface area contributed by atoms with Gasteiger partial charge in [-0.2, -0.15) is 10.2 Å². The molecule has 188 valence electrons. The van der Waals surface area contributed by atoms with Crippen molar-refractivity contribution in [1.29, 1.82) is 0 Å². The molecule has 0 aliphatic heterocycles. The van der Waals surface area contributed by atoms with Gasteiger partial charge in [-0.05, 0) is 74.5 Å². The number of rotatable bonds is 4. The lowest BCUT2D eigenvalue weighted by atomic mass is 10.1. The van der Waals surface area contributed by atoms with Crippen LogP contribution in [0.25, 0.3) is 33.9 Å². The summed E-state index contributed by atoms with van der Waals surface area (Å²) < 4.78 is 29.6. The highest BCUT2D eigenvalue weighted by atomic mass is 19.1. The molecule has 0 atom stereocenters. The first-order valence-electron chi connectivity index (χ1n) is 12.2. The molecule has 0 aliphatic rings. The summed E-state index contributed by atoms with van der Waals surface area (Å²) in [5, 5.41) is 9.06. The Morgan fingerprint density at radius 2 is 1.03 bits per heavy atom. The highest BCUT2D eigenvalue weighted by Crippen LogP contribution is 2.24. The highest BCUT2D eigenvalue weighted by Gasteiger charge is 2.10. The molecule has 0 aliphatic carbocycles. The fourth-order valence-electron chi connectivity index (χ4n) is 4.16. The van der Waals surface area contributed by atoms with Crippen molar-refractivity contribution in [2.75, 3.05) is 0 Å². The number of hydrogen-bond acceptors (Lipinski definition) is 2. The van der Waals surface area contributed by atoms with Gasteiger partial charge < -0.3 is 0 Å². The highest BCUT2D eigenvalue weighted by molar-refractivity contribution is 5.62. The van der Waals surface area contributed by atoms with E-state index in [-0.39, 0.29) is 11.6 Å². The van der Waals surface area contributed by atoms with Crippen LogP contribution in [0.15, 0.2) is 121 Å². The Labute approximate surface area is 220 Å². The van der Waals surface area contributed by atoms with Gasteiger partial charge in [0.05, 0.1) is 28.5 Å².